The average molecular weight is 491 g/mol. The summed E-state index contributed by atoms with van der Waals surface area (Å²) in [6.07, 6.45) is 1.98. The van der Waals surface area contributed by atoms with Crippen LogP contribution in [0.1, 0.15) is 51.5 Å². The van der Waals surface area contributed by atoms with Gasteiger partial charge in [0.1, 0.15) is 11.5 Å². The van der Waals surface area contributed by atoms with Crippen LogP contribution < -0.4 is 15.0 Å². The van der Waals surface area contributed by atoms with Crippen molar-refractivity contribution in [3.8, 4) is 11.5 Å². The van der Waals surface area contributed by atoms with Gasteiger partial charge in [0.15, 0.2) is 5.60 Å². The van der Waals surface area contributed by atoms with Crippen LogP contribution in [-0.2, 0) is 16.8 Å². The quantitative estimate of drug-likeness (QED) is 0.297. The average Bonchev–Trinajstić information content (AvgIpc) is 3.18. The first kappa shape index (κ1) is 23.2. The molecule has 5 nitrogen and oxygen atoms in total. The Kier molecular flexibility index (Phi) is 5.45. The van der Waals surface area contributed by atoms with Crippen LogP contribution in [0.15, 0.2) is 78.9 Å². The Labute approximate surface area is 217 Å². The fourth-order valence-corrected chi connectivity index (χ4v) is 5.54. The third kappa shape index (κ3) is 3.65. The molecule has 186 valence electrons. The molecular weight excluding hydrogens is 460 g/mol. The molecule has 2 aliphatic heterocycles. The predicted octanol–water partition coefficient (Wildman–Crippen LogP) is 7.33. The first-order chi connectivity index (χ1) is 17.9. The number of rotatable bonds is 5. The van der Waals surface area contributed by atoms with Crippen LogP contribution in [0.25, 0.3) is 0 Å². The van der Waals surface area contributed by atoms with E-state index in [0.717, 1.165) is 57.9 Å². The molecule has 0 fully saturated rings. The van der Waals surface area contributed by atoms with E-state index in [1.807, 2.05) is 56.6 Å². The van der Waals surface area contributed by atoms with E-state index in [4.69, 9.17) is 9.47 Å². The minimum absolute atomic E-state index is 0.309. The molecule has 1 N–H and O–H groups in total. The van der Waals surface area contributed by atoms with Gasteiger partial charge in [-0.3, -0.25) is 0 Å². The predicted molar refractivity (Wildman–Crippen MR) is 147 cm³/mol. The molecule has 5 heteroatoms. The molecule has 1 spiro atoms. The molecular formula is C32H30N2O3. The first-order valence-electron chi connectivity index (χ1n) is 12.7. The highest BCUT2D eigenvalue weighted by Gasteiger charge is 2.53. The molecule has 0 aliphatic carbocycles. The summed E-state index contributed by atoms with van der Waals surface area (Å²) >= 11 is 0. The summed E-state index contributed by atoms with van der Waals surface area (Å²) in [4.78, 5) is 15.2. The van der Waals surface area contributed by atoms with Crippen molar-refractivity contribution in [3.05, 3.63) is 112 Å². The summed E-state index contributed by atoms with van der Waals surface area (Å²) in [5, 5.41) is 3.49. The number of hydrogen-bond acceptors (Lipinski definition) is 5. The largest absolute Gasteiger partial charge is 0.456 e. The van der Waals surface area contributed by atoms with E-state index in [9.17, 15) is 4.79 Å². The summed E-state index contributed by atoms with van der Waals surface area (Å²) in [5.41, 5.74) is 7.40. The number of carbonyl (C=O) groups is 1. The van der Waals surface area contributed by atoms with Crippen LogP contribution in [0.3, 0.4) is 0 Å². The zero-order valence-electron chi connectivity index (χ0n) is 21.6. The number of ether oxygens (including phenoxy) is 2. The first-order valence-corrected chi connectivity index (χ1v) is 12.7. The minimum Gasteiger partial charge on any atom is -0.456 e. The second-order valence-corrected chi connectivity index (χ2v) is 10.0. The highest BCUT2D eigenvalue weighted by molar-refractivity contribution is 5.97. The fraction of sp³-hybridized carbons (Fsp3) is 0.219. The molecule has 4 aromatic carbocycles. The number of nitrogens with zero attached hydrogens (tertiary/aromatic N) is 1. The lowest BCUT2D eigenvalue weighted by molar-refractivity contribution is 0.0223. The Morgan fingerprint density at radius 3 is 2.38 bits per heavy atom. The standard InChI is InChI=1S/C32H30N2O3/c1-5-8-21-17-20(2)30-28(18-21)32(26-10-7-6-9-25(26)31(35)37-32)27-16-13-23(19-29(27)36-30)33-22-11-14-24(15-12-22)34(3)4/h6-7,9-19,33H,5,8H2,1-4H3. The molecule has 0 saturated heterocycles. The zero-order valence-corrected chi connectivity index (χ0v) is 21.6. The van der Waals surface area contributed by atoms with Crippen LogP contribution in [0.5, 0.6) is 11.5 Å². The molecule has 0 aromatic heterocycles. The summed E-state index contributed by atoms with van der Waals surface area (Å²) in [6, 6.07) is 26.3. The van der Waals surface area contributed by atoms with E-state index >= 15 is 0 Å². The highest BCUT2D eigenvalue weighted by Crippen LogP contribution is 2.57. The second kappa shape index (κ2) is 8.70. The van der Waals surface area contributed by atoms with Crippen molar-refractivity contribution in [2.24, 2.45) is 0 Å². The van der Waals surface area contributed by atoms with E-state index in [2.05, 4.69) is 60.5 Å². The van der Waals surface area contributed by atoms with Crippen molar-refractivity contribution >= 4 is 23.0 Å². The Morgan fingerprint density at radius 2 is 1.62 bits per heavy atom. The summed E-state index contributed by atoms with van der Waals surface area (Å²) in [7, 11) is 4.05. The van der Waals surface area contributed by atoms with Crippen LogP contribution in [0.2, 0.25) is 0 Å². The number of nitrogens with one attached hydrogen (secondary N) is 1. The summed E-state index contributed by atoms with van der Waals surface area (Å²) in [5.74, 6) is 1.12. The molecule has 1 atom stereocenters. The molecule has 6 rings (SSSR count). The van der Waals surface area contributed by atoms with Crippen molar-refractivity contribution in [2.45, 2.75) is 32.3 Å². The summed E-state index contributed by atoms with van der Waals surface area (Å²) in [6.45, 7) is 4.23. The number of benzene rings is 4. The monoisotopic (exact) mass is 490 g/mol. The van der Waals surface area contributed by atoms with Gasteiger partial charge in [-0.15, -0.1) is 0 Å². The van der Waals surface area contributed by atoms with Crippen molar-refractivity contribution in [1.82, 2.24) is 0 Å². The Bertz CT molecular complexity index is 1520. The SMILES string of the molecule is CCCc1cc(C)c2c(c1)C1(OC(=O)c3ccccc31)c1ccc(Nc3ccc(N(C)C)cc3)cc1O2. The Balaban J connectivity index is 1.50. The van der Waals surface area contributed by atoms with Gasteiger partial charge in [-0.1, -0.05) is 37.6 Å². The lowest BCUT2D eigenvalue weighted by atomic mass is 9.76. The maximum Gasteiger partial charge on any atom is 0.340 e. The second-order valence-electron chi connectivity index (χ2n) is 10.0. The molecule has 0 saturated carbocycles. The Hall–Kier alpha value is -4.25. The van der Waals surface area contributed by atoms with E-state index in [1.165, 1.54) is 5.56 Å². The van der Waals surface area contributed by atoms with Gasteiger partial charge in [-0.2, -0.15) is 0 Å². The van der Waals surface area contributed by atoms with Crippen molar-refractivity contribution < 1.29 is 14.3 Å². The van der Waals surface area contributed by atoms with Gasteiger partial charge in [0.25, 0.3) is 0 Å². The molecule has 37 heavy (non-hydrogen) atoms. The van der Waals surface area contributed by atoms with Gasteiger partial charge in [0, 0.05) is 53.9 Å². The molecule has 2 aliphatic rings. The number of hydrogen-bond donors (Lipinski definition) is 1. The topological polar surface area (TPSA) is 50.8 Å². The van der Waals surface area contributed by atoms with E-state index in [-0.39, 0.29) is 5.97 Å². The van der Waals surface area contributed by atoms with Gasteiger partial charge >= 0.3 is 5.97 Å². The maximum atomic E-state index is 13.2. The molecule has 0 amide bonds. The van der Waals surface area contributed by atoms with Crippen molar-refractivity contribution in [3.63, 3.8) is 0 Å². The number of carbonyl (C=O) groups excluding carboxylic acids is 1. The highest BCUT2D eigenvalue weighted by atomic mass is 16.6. The van der Waals surface area contributed by atoms with Gasteiger partial charge < -0.3 is 19.7 Å². The summed E-state index contributed by atoms with van der Waals surface area (Å²) < 4.78 is 12.9. The zero-order chi connectivity index (χ0) is 25.7. The van der Waals surface area contributed by atoms with Crippen LogP contribution in [-0.4, -0.2) is 20.1 Å². The van der Waals surface area contributed by atoms with Gasteiger partial charge in [-0.05, 0) is 73.0 Å². The molecule has 1 unspecified atom stereocenters. The van der Waals surface area contributed by atoms with Crippen LogP contribution in [0, 0.1) is 6.92 Å². The van der Waals surface area contributed by atoms with Gasteiger partial charge in [0.05, 0.1) is 5.56 Å². The van der Waals surface area contributed by atoms with Crippen molar-refractivity contribution in [2.75, 3.05) is 24.3 Å². The fourth-order valence-electron chi connectivity index (χ4n) is 5.54. The van der Waals surface area contributed by atoms with Crippen LogP contribution in [0.4, 0.5) is 17.1 Å². The molecule has 0 radical (unpaired) electrons. The third-order valence-corrected chi connectivity index (χ3v) is 7.27. The van der Waals surface area contributed by atoms with E-state index in [1.54, 1.807) is 0 Å². The molecule has 0 bridgehead atoms. The maximum absolute atomic E-state index is 13.2. The van der Waals surface area contributed by atoms with E-state index < -0.39 is 5.60 Å². The number of esters is 1. The smallest absolute Gasteiger partial charge is 0.340 e. The third-order valence-electron chi connectivity index (χ3n) is 7.27. The van der Waals surface area contributed by atoms with Gasteiger partial charge in [0.2, 0.25) is 0 Å². The Morgan fingerprint density at radius 1 is 0.865 bits per heavy atom. The molecule has 4 aromatic rings. The lowest BCUT2D eigenvalue weighted by Crippen LogP contribution is -2.33. The van der Waals surface area contributed by atoms with Crippen molar-refractivity contribution in [1.29, 1.82) is 0 Å². The number of anilines is 3. The van der Waals surface area contributed by atoms with E-state index in [0.29, 0.717) is 11.3 Å². The normalized spacial score (nSPS) is 16.9. The van der Waals surface area contributed by atoms with Gasteiger partial charge in [-0.25, -0.2) is 4.79 Å². The molecule has 2 heterocycles. The van der Waals surface area contributed by atoms with Crippen LogP contribution >= 0.6 is 0 Å². The number of aryl methyl sites for hydroxylation is 2. The lowest BCUT2D eigenvalue weighted by Gasteiger charge is -2.37. The number of fused-ring (bicyclic) bond motifs is 6. The minimum atomic E-state index is -1.04.